The van der Waals surface area contributed by atoms with Crippen LogP contribution in [0, 0.1) is 0 Å². The van der Waals surface area contributed by atoms with Crippen LogP contribution in [0.5, 0.6) is 0 Å². The molecule has 3 nitrogen and oxygen atoms in total. The molecule has 0 saturated carbocycles. The Balaban J connectivity index is 2.02. The normalized spacial score (nSPS) is 10.8. The minimum atomic E-state index is -0.335. The molecule has 0 aliphatic rings. The van der Waals surface area contributed by atoms with Crippen molar-refractivity contribution in [1.82, 2.24) is 0 Å². The molecule has 4 heteroatoms. The van der Waals surface area contributed by atoms with Gasteiger partial charge >= 0.3 is 5.97 Å². The van der Waals surface area contributed by atoms with Crippen molar-refractivity contribution in [1.29, 1.82) is 0 Å². The third kappa shape index (κ3) is 2.78. The second kappa shape index (κ2) is 5.62. The molecular weight excluding hydrogens is 288 g/mol. The molecule has 0 aliphatic heterocycles. The highest BCUT2D eigenvalue weighted by Gasteiger charge is 2.11. The average molecular weight is 301 g/mol. The number of furan rings is 1. The van der Waals surface area contributed by atoms with Crippen LogP contribution in [0.1, 0.15) is 17.3 Å². The molecule has 0 N–H and O–H groups in total. The maximum Gasteiger partial charge on any atom is 0.338 e. The summed E-state index contributed by atoms with van der Waals surface area (Å²) in [4.78, 5) is 11.8. The molecule has 0 atom stereocenters. The molecule has 0 unspecified atom stereocenters. The summed E-state index contributed by atoms with van der Waals surface area (Å²) in [6, 6.07) is 14.6. The lowest BCUT2D eigenvalue weighted by Gasteiger charge is -2.03. The van der Waals surface area contributed by atoms with E-state index in [1.807, 2.05) is 30.3 Å². The smallest absolute Gasteiger partial charge is 0.338 e. The predicted molar refractivity (Wildman–Crippen MR) is 82.6 cm³/mol. The van der Waals surface area contributed by atoms with E-state index < -0.39 is 0 Å². The number of rotatable bonds is 3. The SMILES string of the molecule is CCOC(=O)c1cccc(-c2cc3cc(Cl)ccc3o2)c1. The fourth-order valence-electron chi connectivity index (χ4n) is 2.17. The molecule has 2 aromatic carbocycles. The summed E-state index contributed by atoms with van der Waals surface area (Å²) in [6.07, 6.45) is 0. The Morgan fingerprint density at radius 2 is 2.05 bits per heavy atom. The van der Waals surface area contributed by atoms with E-state index in [0.717, 1.165) is 16.5 Å². The molecule has 3 rings (SSSR count). The highest BCUT2D eigenvalue weighted by molar-refractivity contribution is 6.31. The fraction of sp³-hybridized carbons (Fsp3) is 0.118. The van der Waals surface area contributed by atoms with Crippen molar-refractivity contribution in [3.05, 3.63) is 59.1 Å². The highest BCUT2D eigenvalue weighted by Crippen LogP contribution is 2.30. The van der Waals surface area contributed by atoms with Gasteiger partial charge in [-0.25, -0.2) is 4.79 Å². The zero-order valence-electron chi connectivity index (χ0n) is 11.4. The second-order valence-corrected chi connectivity index (χ2v) is 5.03. The van der Waals surface area contributed by atoms with Gasteiger partial charge in [0.2, 0.25) is 0 Å². The van der Waals surface area contributed by atoms with Crippen molar-refractivity contribution in [2.24, 2.45) is 0 Å². The quantitative estimate of drug-likeness (QED) is 0.644. The number of halogens is 1. The molecule has 0 aliphatic carbocycles. The topological polar surface area (TPSA) is 39.4 Å². The van der Waals surface area contributed by atoms with E-state index in [0.29, 0.717) is 23.0 Å². The molecular formula is C17H13ClO3. The Labute approximate surface area is 127 Å². The molecule has 0 saturated heterocycles. The van der Waals surface area contributed by atoms with Gasteiger partial charge in [0, 0.05) is 16.0 Å². The number of ether oxygens (including phenoxy) is 1. The summed E-state index contributed by atoms with van der Waals surface area (Å²) in [5.41, 5.74) is 2.09. The van der Waals surface area contributed by atoms with E-state index in [4.69, 9.17) is 20.8 Å². The third-order valence-corrected chi connectivity index (χ3v) is 3.37. The lowest BCUT2D eigenvalue weighted by molar-refractivity contribution is 0.0526. The Morgan fingerprint density at radius 1 is 1.19 bits per heavy atom. The number of hydrogen-bond acceptors (Lipinski definition) is 3. The largest absolute Gasteiger partial charge is 0.462 e. The van der Waals surface area contributed by atoms with Crippen LogP contribution in [0.15, 0.2) is 52.9 Å². The maximum absolute atomic E-state index is 11.8. The van der Waals surface area contributed by atoms with E-state index in [1.165, 1.54) is 0 Å². The number of hydrogen-bond donors (Lipinski definition) is 0. The molecule has 0 amide bonds. The Bertz CT molecular complexity index is 805. The number of carbonyl (C=O) groups is 1. The van der Waals surface area contributed by atoms with Crippen LogP contribution >= 0.6 is 11.6 Å². The molecule has 0 fully saturated rings. The summed E-state index contributed by atoms with van der Waals surface area (Å²) < 4.78 is 10.8. The first-order valence-electron chi connectivity index (χ1n) is 6.64. The Kier molecular flexibility index (Phi) is 3.67. The van der Waals surface area contributed by atoms with Crippen LogP contribution in [0.4, 0.5) is 0 Å². The van der Waals surface area contributed by atoms with Crippen molar-refractivity contribution in [2.45, 2.75) is 6.92 Å². The van der Waals surface area contributed by atoms with Gasteiger partial charge in [-0.05, 0) is 43.3 Å². The van der Waals surface area contributed by atoms with Crippen LogP contribution in [0.2, 0.25) is 5.02 Å². The van der Waals surface area contributed by atoms with Crippen LogP contribution in [-0.2, 0) is 4.74 Å². The first kappa shape index (κ1) is 13.7. The van der Waals surface area contributed by atoms with Crippen LogP contribution in [-0.4, -0.2) is 12.6 Å². The molecule has 0 bridgehead atoms. The Morgan fingerprint density at radius 3 is 2.86 bits per heavy atom. The van der Waals surface area contributed by atoms with Crippen LogP contribution in [0.3, 0.4) is 0 Å². The van der Waals surface area contributed by atoms with Crippen molar-refractivity contribution in [2.75, 3.05) is 6.61 Å². The molecule has 106 valence electrons. The van der Waals surface area contributed by atoms with Gasteiger partial charge in [0.15, 0.2) is 0 Å². The van der Waals surface area contributed by atoms with Crippen molar-refractivity contribution in [3.8, 4) is 11.3 Å². The van der Waals surface area contributed by atoms with Gasteiger partial charge in [-0.2, -0.15) is 0 Å². The molecule has 3 aromatic rings. The van der Waals surface area contributed by atoms with E-state index in [2.05, 4.69) is 0 Å². The summed E-state index contributed by atoms with van der Waals surface area (Å²) in [7, 11) is 0. The zero-order valence-corrected chi connectivity index (χ0v) is 12.2. The van der Waals surface area contributed by atoms with E-state index in [1.54, 1.807) is 25.1 Å². The molecule has 1 heterocycles. The molecule has 21 heavy (non-hydrogen) atoms. The summed E-state index contributed by atoms with van der Waals surface area (Å²) in [5.74, 6) is 0.358. The van der Waals surface area contributed by atoms with Gasteiger partial charge < -0.3 is 9.15 Å². The maximum atomic E-state index is 11.8. The summed E-state index contributed by atoms with van der Waals surface area (Å²) >= 11 is 5.97. The fourth-order valence-corrected chi connectivity index (χ4v) is 2.35. The van der Waals surface area contributed by atoms with Crippen molar-refractivity contribution in [3.63, 3.8) is 0 Å². The van der Waals surface area contributed by atoms with Gasteiger partial charge in [-0.3, -0.25) is 0 Å². The number of benzene rings is 2. The van der Waals surface area contributed by atoms with Gasteiger partial charge in [0.05, 0.1) is 12.2 Å². The molecule has 0 radical (unpaired) electrons. The monoisotopic (exact) mass is 300 g/mol. The number of esters is 1. The zero-order chi connectivity index (χ0) is 14.8. The van der Waals surface area contributed by atoms with E-state index in [-0.39, 0.29) is 5.97 Å². The molecule has 0 spiro atoms. The first-order valence-corrected chi connectivity index (χ1v) is 7.02. The van der Waals surface area contributed by atoms with Gasteiger partial charge in [-0.1, -0.05) is 23.7 Å². The van der Waals surface area contributed by atoms with Gasteiger partial charge in [0.1, 0.15) is 11.3 Å². The second-order valence-electron chi connectivity index (χ2n) is 4.59. The van der Waals surface area contributed by atoms with Crippen LogP contribution < -0.4 is 0 Å². The highest BCUT2D eigenvalue weighted by atomic mass is 35.5. The lowest BCUT2D eigenvalue weighted by Crippen LogP contribution is -2.04. The standard InChI is InChI=1S/C17H13ClO3/c1-2-20-17(19)12-5-3-4-11(8-12)16-10-13-9-14(18)6-7-15(13)21-16/h3-10H,2H2,1H3. The molecule has 1 aromatic heterocycles. The van der Waals surface area contributed by atoms with E-state index in [9.17, 15) is 4.79 Å². The average Bonchev–Trinajstić information content (AvgIpc) is 2.90. The third-order valence-electron chi connectivity index (χ3n) is 3.14. The predicted octanol–water partition coefficient (Wildman–Crippen LogP) is 4.93. The van der Waals surface area contributed by atoms with Gasteiger partial charge in [-0.15, -0.1) is 0 Å². The summed E-state index contributed by atoms with van der Waals surface area (Å²) in [6.45, 7) is 2.14. The number of fused-ring (bicyclic) bond motifs is 1. The van der Waals surface area contributed by atoms with Crippen molar-refractivity contribution >= 4 is 28.5 Å². The van der Waals surface area contributed by atoms with Crippen LogP contribution in [0.25, 0.3) is 22.3 Å². The van der Waals surface area contributed by atoms with E-state index >= 15 is 0 Å². The minimum Gasteiger partial charge on any atom is -0.462 e. The first-order chi connectivity index (χ1) is 10.2. The lowest BCUT2D eigenvalue weighted by atomic mass is 10.1. The Hall–Kier alpha value is -2.26. The van der Waals surface area contributed by atoms with Gasteiger partial charge in [0.25, 0.3) is 0 Å². The minimum absolute atomic E-state index is 0.335. The number of carbonyl (C=O) groups excluding carboxylic acids is 1. The summed E-state index contributed by atoms with van der Waals surface area (Å²) in [5, 5.41) is 1.59. The van der Waals surface area contributed by atoms with Crippen molar-refractivity contribution < 1.29 is 13.9 Å².